The molecule has 3 nitrogen and oxygen atoms in total. The van der Waals surface area contributed by atoms with Gasteiger partial charge in [-0.3, -0.25) is 4.98 Å². The molecule has 1 aromatic carbocycles. The first-order valence-corrected chi connectivity index (χ1v) is 6.91. The summed E-state index contributed by atoms with van der Waals surface area (Å²) in [4.78, 5) is 5.34. The summed E-state index contributed by atoms with van der Waals surface area (Å²) < 4.78 is 5.87. The highest BCUT2D eigenvalue weighted by Gasteiger charge is 2.18. The van der Waals surface area contributed by atoms with E-state index in [1.807, 2.05) is 50.8 Å². The highest BCUT2D eigenvalue weighted by atomic mass is 32.1. The van der Waals surface area contributed by atoms with Crippen molar-refractivity contribution in [3.63, 3.8) is 0 Å². The number of nitrogens with zero attached hydrogens (tertiary/aromatic N) is 1. The number of benzene rings is 1. The van der Waals surface area contributed by atoms with Crippen molar-refractivity contribution in [2.24, 2.45) is 0 Å². The van der Waals surface area contributed by atoms with Crippen LogP contribution in [0.15, 0.2) is 36.0 Å². The lowest BCUT2D eigenvalue weighted by Crippen LogP contribution is -2.18. The summed E-state index contributed by atoms with van der Waals surface area (Å²) in [5, 5.41) is 3.32. The number of ether oxygens (including phenoxy) is 1. The Bertz CT molecular complexity index is 482. The first-order chi connectivity index (χ1) is 8.72. The minimum absolute atomic E-state index is 0.132. The molecule has 0 bridgehead atoms. The number of hydrogen-bond acceptors (Lipinski definition) is 4. The van der Waals surface area contributed by atoms with Crippen LogP contribution in [-0.4, -0.2) is 18.1 Å². The van der Waals surface area contributed by atoms with E-state index in [1.165, 1.54) is 4.88 Å². The molecule has 0 aliphatic heterocycles. The SMILES string of the molecule is CNC(c1cncs1)c1ccccc1OC(C)C. The predicted molar refractivity (Wildman–Crippen MR) is 75.2 cm³/mol. The fourth-order valence-electron chi connectivity index (χ4n) is 1.90. The number of hydrogen-bond donors (Lipinski definition) is 1. The number of nitrogens with one attached hydrogen (secondary N) is 1. The first-order valence-electron chi connectivity index (χ1n) is 6.03. The Kier molecular flexibility index (Phi) is 4.33. The van der Waals surface area contributed by atoms with Crippen LogP contribution in [0.4, 0.5) is 0 Å². The molecule has 0 saturated carbocycles. The molecule has 1 heterocycles. The van der Waals surface area contributed by atoms with Crippen molar-refractivity contribution in [1.29, 1.82) is 0 Å². The van der Waals surface area contributed by atoms with E-state index in [0.717, 1.165) is 11.3 Å². The monoisotopic (exact) mass is 262 g/mol. The topological polar surface area (TPSA) is 34.2 Å². The van der Waals surface area contributed by atoms with Crippen molar-refractivity contribution in [2.75, 3.05) is 7.05 Å². The minimum atomic E-state index is 0.132. The molecule has 1 atom stereocenters. The molecule has 0 aliphatic rings. The lowest BCUT2D eigenvalue weighted by molar-refractivity contribution is 0.239. The van der Waals surface area contributed by atoms with Crippen LogP contribution >= 0.6 is 11.3 Å². The second kappa shape index (κ2) is 5.98. The molecule has 18 heavy (non-hydrogen) atoms. The number of thiazole rings is 1. The Hall–Kier alpha value is -1.39. The van der Waals surface area contributed by atoms with Gasteiger partial charge >= 0.3 is 0 Å². The van der Waals surface area contributed by atoms with E-state index >= 15 is 0 Å². The van der Waals surface area contributed by atoms with E-state index in [-0.39, 0.29) is 12.1 Å². The summed E-state index contributed by atoms with van der Waals surface area (Å²) in [7, 11) is 1.95. The van der Waals surface area contributed by atoms with Gasteiger partial charge in [0.1, 0.15) is 5.75 Å². The van der Waals surface area contributed by atoms with E-state index in [4.69, 9.17) is 4.74 Å². The third-order valence-electron chi connectivity index (χ3n) is 2.62. The smallest absolute Gasteiger partial charge is 0.124 e. The maximum Gasteiger partial charge on any atom is 0.124 e. The van der Waals surface area contributed by atoms with Crippen molar-refractivity contribution in [3.8, 4) is 5.75 Å². The van der Waals surface area contributed by atoms with Crippen LogP contribution in [0.5, 0.6) is 5.75 Å². The number of rotatable bonds is 5. The van der Waals surface area contributed by atoms with Gasteiger partial charge in [0.25, 0.3) is 0 Å². The molecular formula is C14H18N2OS. The van der Waals surface area contributed by atoms with Crippen molar-refractivity contribution in [1.82, 2.24) is 10.3 Å². The molecule has 0 amide bonds. The quantitative estimate of drug-likeness (QED) is 0.898. The van der Waals surface area contributed by atoms with Gasteiger partial charge < -0.3 is 10.1 Å². The molecule has 1 aromatic heterocycles. The Morgan fingerprint density at radius 2 is 2.06 bits per heavy atom. The van der Waals surface area contributed by atoms with E-state index in [2.05, 4.69) is 16.4 Å². The molecule has 0 saturated heterocycles. The molecule has 0 fully saturated rings. The van der Waals surface area contributed by atoms with Gasteiger partial charge in [0.15, 0.2) is 0 Å². The van der Waals surface area contributed by atoms with E-state index in [0.29, 0.717) is 0 Å². The normalized spacial score (nSPS) is 12.7. The Labute approximate surface area is 112 Å². The van der Waals surface area contributed by atoms with Crippen LogP contribution in [0, 0.1) is 0 Å². The molecule has 0 radical (unpaired) electrons. The fourth-order valence-corrected chi connectivity index (χ4v) is 2.65. The van der Waals surface area contributed by atoms with Gasteiger partial charge in [0.2, 0.25) is 0 Å². The summed E-state index contributed by atoms with van der Waals surface area (Å²) in [6.07, 6.45) is 2.07. The van der Waals surface area contributed by atoms with Crippen LogP contribution in [0.25, 0.3) is 0 Å². The fraction of sp³-hybridized carbons (Fsp3) is 0.357. The molecule has 0 spiro atoms. The molecular weight excluding hydrogens is 244 g/mol. The molecule has 96 valence electrons. The highest BCUT2D eigenvalue weighted by molar-refractivity contribution is 7.09. The van der Waals surface area contributed by atoms with Gasteiger partial charge in [-0.2, -0.15) is 0 Å². The minimum Gasteiger partial charge on any atom is -0.491 e. The van der Waals surface area contributed by atoms with Crippen LogP contribution in [0.1, 0.15) is 30.3 Å². The first kappa shape index (κ1) is 13.1. The van der Waals surface area contributed by atoms with Crippen molar-refractivity contribution in [2.45, 2.75) is 26.0 Å². The largest absolute Gasteiger partial charge is 0.491 e. The second-order valence-corrected chi connectivity index (χ2v) is 5.25. The van der Waals surface area contributed by atoms with Crippen molar-refractivity contribution < 1.29 is 4.74 Å². The molecule has 0 aliphatic carbocycles. The zero-order chi connectivity index (χ0) is 13.0. The van der Waals surface area contributed by atoms with Gasteiger partial charge in [-0.15, -0.1) is 11.3 Å². The van der Waals surface area contributed by atoms with Crippen molar-refractivity contribution in [3.05, 3.63) is 46.4 Å². The zero-order valence-electron chi connectivity index (χ0n) is 10.9. The van der Waals surface area contributed by atoms with Gasteiger partial charge in [0, 0.05) is 16.6 Å². The molecule has 2 aromatic rings. The Balaban J connectivity index is 2.36. The lowest BCUT2D eigenvalue weighted by Gasteiger charge is -2.20. The predicted octanol–water partition coefficient (Wildman–Crippen LogP) is 3.24. The van der Waals surface area contributed by atoms with Crippen molar-refractivity contribution >= 4 is 11.3 Å². The molecule has 1 N–H and O–H groups in total. The highest BCUT2D eigenvalue weighted by Crippen LogP contribution is 2.31. The van der Waals surface area contributed by atoms with Crippen LogP contribution in [0.2, 0.25) is 0 Å². The average molecular weight is 262 g/mol. The summed E-state index contributed by atoms with van der Waals surface area (Å²) in [6, 6.07) is 8.28. The lowest BCUT2D eigenvalue weighted by atomic mass is 10.0. The summed E-state index contributed by atoms with van der Waals surface area (Å²) in [5.41, 5.74) is 3.00. The van der Waals surface area contributed by atoms with Gasteiger partial charge in [-0.1, -0.05) is 18.2 Å². The second-order valence-electron chi connectivity index (χ2n) is 4.33. The maximum atomic E-state index is 5.87. The summed E-state index contributed by atoms with van der Waals surface area (Å²) in [5.74, 6) is 0.931. The van der Waals surface area contributed by atoms with E-state index in [9.17, 15) is 0 Å². The van der Waals surface area contributed by atoms with Crippen LogP contribution < -0.4 is 10.1 Å². The third-order valence-corrected chi connectivity index (χ3v) is 3.46. The average Bonchev–Trinajstić information content (AvgIpc) is 2.85. The summed E-state index contributed by atoms with van der Waals surface area (Å²) >= 11 is 1.65. The van der Waals surface area contributed by atoms with Crippen LogP contribution in [-0.2, 0) is 0 Å². The van der Waals surface area contributed by atoms with E-state index < -0.39 is 0 Å². The zero-order valence-corrected chi connectivity index (χ0v) is 11.7. The van der Waals surface area contributed by atoms with Crippen LogP contribution in [0.3, 0.4) is 0 Å². The molecule has 4 heteroatoms. The maximum absolute atomic E-state index is 5.87. The number of aromatic nitrogens is 1. The van der Waals surface area contributed by atoms with Gasteiger partial charge in [0.05, 0.1) is 17.7 Å². The molecule has 1 unspecified atom stereocenters. The van der Waals surface area contributed by atoms with Gasteiger partial charge in [-0.25, -0.2) is 0 Å². The molecule has 2 rings (SSSR count). The Morgan fingerprint density at radius 3 is 2.67 bits per heavy atom. The van der Waals surface area contributed by atoms with Gasteiger partial charge in [-0.05, 0) is 27.0 Å². The Morgan fingerprint density at radius 1 is 1.28 bits per heavy atom. The number of para-hydroxylation sites is 1. The summed E-state index contributed by atoms with van der Waals surface area (Å²) in [6.45, 7) is 4.08. The standard InChI is InChI=1S/C14H18N2OS/c1-10(2)17-12-7-5-4-6-11(12)14(15-3)13-8-16-9-18-13/h4-10,14-15H,1-3H3. The third kappa shape index (κ3) is 2.89. The van der Waals surface area contributed by atoms with E-state index in [1.54, 1.807) is 11.3 Å².